The van der Waals surface area contributed by atoms with Crippen LogP contribution in [0.3, 0.4) is 0 Å². The van der Waals surface area contributed by atoms with Crippen molar-refractivity contribution in [2.45, 2.75) is 6.42 Å². The van der Waals surface area contributed by atoms with E-state index in [4.69, 9.17) is 16.0 Å². The Labute approximate surface area is 110 Å². The Kier molecular flexibility index (Phi) is 3.49. The third kappa shape index (κ3) is 3.26. The fourth-order valence-electron chi connectivity index (χ4n) is 1.85. The van der Waals surface area contributed by atoms with Crippen LogP contribution in [0.15, 0.2) is 24.3 Å². The fourth-order valence-corrected chi connectivity index (χ4v) is 2.21. The van der Waals surface area contributed by atoms with Crippen LogP contribution in [0.5, 0.6) is 0 Å². The standard InChI is InChI=1S/C10H14N4O4S/c11-9-6-8(13-4-2-1-3-5-13)7-10(12)14(9)18-19(15,16)17/h1-2,6-7H,3-5H2,(H4,11,12,15,16,17)/p+1. The second-order valence-corrected chi connectivity index (χ2v) is 5.07. The molecule has 5 N–H and O–H groups in total. The SMILES string of the molecule is Nc1cc(N2CC=CCC2)cc(N)[n+]1OS(=O)(=O)O. The van der Waals surface area contributed by atoms with Crippen molar-refractivity contribution in [3.63, 3.8) is 0 Å². The molecule has 0 radical (unpaired) electrons. The normalized spacial score (nSPS) is 15.5. The maximum Gasteiger partial charge on any atom is 0.476 e. The summed E-state index contributed by atoms with van der Waals surface area (Å²) in [6.07, 6.45) is 5.01. The van der Waals surface area contributed by atoms with E-state index in [2.05, 4.69) is 10.4 Å². The maximum atomic E-state index is 10.7. The number of hydrogen-bond acceptors (Lipinski definition) is 6. The summed E-state index contributed by atoms with van der Waals surface area (Å²) in [6, 6.07) is 3.06. The lowest BCUT2D eigenvalue weighted by atomic mass is 10.2. The Morgan fingerprint density at radius 1 is 1.26 bits per heavy atom. The van der Waals surface area contributed by atoms with E-state index in [1.165, 1.54) is 12.1 Å². The number of nitrogen functional groups attached to an aromatic ring is 2. The van der Waals surface area contributed by atoms with Gasteiger partial charge >= 0.3 is 10.4 Å². The van der Waals surface area contributed by atoms with Crippen molar-refractivity contribution in [1.82, 2.24) is 0 Å². The minimum absolute atomic E-state index is 0.0258. The topological polar surface area (TPSA) is 123 Å². The lowest BCUT2D eigenvalue weighted by Gasteiger charge is -2.25. The zero-order valence-corrected chi connectivity index (χ0v) is 10.9. The average Bonchev–Trinajstić information content (AvgIpc) is 2.33. The van der Waals surface area contributed by atoms with Crippen LogP contribution in [-0.4, -0.2) is 26.1 Å². The zero-order valence-electron chi connectivity index (χ0n) is 10.1. The van der Waals surface area contributed by atoms with E-state index in [1.807, 2.05) is 11.0 Å². The molecule has 19 heavy (non-hydrogen) atoms. The van der Waals surface area contributed by atoms with Crippen LogP contribution in [0, 0.1) is 0 Å². The summed E-state index contributed by atoms with van der Waals surface area (Å²) in [5.74, 6) is -0.0515. The van der Waals surface area contributed by atoms with E-state index in [0.717, 1.165) is 25.2 Å². The summed E-state index contributed by atoms with van der Waals surface area (Å²) in [5.41, 5.74) is 12.1. The molecule has 1 aromatic heterocycles. The quantitative estimate of drug-likeness (QED) is 0.375. The van der Waals surface area contributed by atoms with E-state index in [-0.39, 0.29) is 11.6 Å². The number of rotatable bonds is 3. The van der Waals surface area contributed by atoms with Gasteiger partial charge in [-0.25, -0.2) is 4.28 Å². The van der Waals surface area contributed by atoms with Gasteiger partial charge in [-0.3, -0.25) is 4.55 Å². The van der Waals surface area contributed by atoms with Gasteiger partial charge in [0.1, 0.15) is 0 Å². The lowest BCUT2D eigenvalue weighted by Crippen LogP contribution is -2.50. The minimum atomic E-state index is -4.68. The summed E-state index contributed by atoms with van der Waals surface area (Å²) in [7, 11) is -4.68. The molecule has 1 aromatic rings. The van der Waals surface area contributed by atoms with Crippen molar-refractivity contribution in [1.29, 1.82) is 0 Å². The molecule has 2 rings (SSSR count). The minimum Gasteiger partial charge on any atom is -0.367 e. The Balaban J connectivity index is 2.33. The second kappa shape index (κ2) is 4.94. The monoisotopic (exact) mass is 287 g/mol. The second-order valence-electron chi connectivity index (χ2n) is 4.07. The summed E-state index contributed by atoms with van der Waals surface area (Å²) >= 11 is 0. The largest absolute Gasteiger partial charge is 0.476 e. The number of hydrogen-bond donors (Lipinski definition) is 3. The van der Waals surface area contributed by atoms with E-state index < -0.39 is 10.4 Å². The van der Waals surface area contributed by atoms with Gasteiger partial charge in [0.15, 0.2) is 0 Å². The summed E-state index contributed by atoms with van der Waals surface area (Å²) in [6.45, 7) is 1.54. The summed E-state index contributed by atoms with van der Waals surface area (Å²) in [5, 5.41) is 0. The molecule has 0 amide bonds. The van der Waals surface area contributed by atoms with Gasteiger partial charge in [-0.2, -0.15) is 8.42 Å². The van der Waals surface area contributed by atoms with Gasteiger partial charge in [0, 0.05) is 25.2 Å². The van der Waals surface area contributed by atoms with Crippen molar-refractivity contribution in [2.75, 3.05) is 29.5 Å². The van der Waals surface area contributed by atoms with Gasteiger partial charge in [-0.05, 0) is 11.2 Å². The van der Waals surface area contributed by atoms with Crippen molar-refractivity contribution >= 4 is 27.7 Å². The third-order valence-corrected chi connectivity index (χ3v) is 2.99. The van der Waals surface area contributed by atoms with Crippen LogP contribution in [0.4, 0.5) is 17.3 Å². The van der Waals surface area contributed by atoms with Crippen molar-refractivity contribution < 1.29 is 22.0 Å². The van der Waals surface area contributed by atoms with Crippen LogP contribution in [-0.2, 0) is 10.4 Å². The molecule has 0 atom stereocenters. The van der Waals surface area contributed by atoms with Crippen molar-refractivity contribution in [2.24, 2.45) is 0 Å². The third-order valence-electron chi connectivity index (χ3n) is 2.65. The first-order chi connectivity index (χ1) is 8.87. The fraction of sp³-hybridized carbons (Fsp3) is 0.300. The zero-order chi connectivity index (χ0) is 14.0. The first-order valence-corrected chi connectivity index (χ1v) is 6.92. The van der Waals surface area contributed by atoms with Crippen LogP contribution in [0.1, 0.15) is 6.42 Å². The van der Waals surface area contributed by atoms with Gasteiger partial charge < -0.3 is 16.4 Å². The molecule has 0 spiro atoms. The lowest BCUT2D eigenvalue weighted by molar-refractivity contribution is -0.833. The molecule has 0 unspecified atom stereocenters. The van der Waals surface area contributed by atoms with Crippen molar-refractivity contribution in [3.8, 4) is 0 Å². The predicted octanol–water partition coefficient (Wildman–Crippen LogP) is -0.864. The number of anilines is 3. The molecule has 1 aliphatic rings. The first-order valence-electron chi connectivity index (χ1n) is 5.55. The Hall–Kier alpha value is -2.00. The molecule has 0 saturated carbocycles. The first kappa shape index (κ1) is 13.4. The highest BCUT2D eigenvalue weighted by Crippen LogP contribution is 2.20. The molecule has 2 heterocycles. The Morgan fingerprint density at radius 3 is 2.37 bits per heavy atom. The smallest absolute Gasteiger partial charge is 0.367 e. The van der Waals surface area contributed by atoms with Gasteiger partial charge in [0.05, 0.1) is 5.69 Å². The van der Waals surface area contributed by atoms with Crippen molar-refractivity contribution in [3.05, 3.63) is 24.3 Å². The van der Waals surface area contributed by atoms with E-state index in [1.54, 1.807) is 0 Å². The maximum absolute atomic E-state index is 10.7. The molecule has 0 saturated heterocycles. The van der Waals surface area contributed by atoms with E-state index in [0.29, 0.717) is 4.73 Å². The molecule has 104 valence electrons. The molecule has 1 aliphatic heterocycles. The average molecular weight is 287 g/mol. The Morgan fingerprint density at radius 2 is 1.89 bits per heavy atom. The molecular weight excluding hydrogens is 272 g/mol. The molecule has 0 aliphatic carbocycles. The van der Waals surface area contributed by atoms with Gasteiger partial charge in [-0.15, -0.1) is 0 Å². The predicted molar refractivity (Wildman–Crippen MR) is 69.6 cm³/mol. The molecule has 0 aromatic carbocycles. The van der Waals surface area contributed by atoms with Crippen LogP contribution < -0.4 is 25.4 Å². The van der Waals surface area contributed by atoms with Gasteiger partial charge in [-0.1, -0.05) is 12.2 Å². The van der Waals surface area contributed by atoms with Crippen LogP contribution in [0.25, 0.3) is 0 Å². The molecule has 8 nitrogen and oxygen atoms in total. The summed E-state index contributed by atoms with van der Waals surface area (Å²) in [4.78, 5) is 2.03. The van der Waals surface area contributed by atoms with Gasteiger partial charge in [0.2, 0.25) is 0 Å². The molecule has 0 bridgehead atoms. The highest BCUT2D eigenvalue weighted by molar-refractivity contribution is 7.80. The highest BCUT2D eigenvalue weighted by atomic mass is 32.3. The number of pyridine rings is 1. The number of nitrogens with two attached hydrogens (primary N) is 2. The van der Waals surface area contributed by atoms with Crippen LogP contribution in [0.2, 0.25) is 0 Å². The van der Waals surface area contributed by atoms with Gasteiger partial charge in [0.25, 0.3) is 11.6 Å². The molecule has 9 heteroatoms. The highest BCUT2D eigenvalue weighted by Gasteiger charge is 2.20. The Bertz CT molecular complexity index is 591. The van der Waals surface area contributed by atoms with E-state index in [9.17, 15) is 8.42 Å². The van der Waals surface area contributed by atoms with Crippen LogP contribution >= 0.6 is 0 Å². The summed E-state index contributed by atoms with van der Waals surface area (Å²) < 4.78 is 34.9. The number of nitrogens with zero attached hydrogens (tertiary/aromatic N) is 2. The number of aromatic nitrogens is 1. The van der Waals surface area contributed by atoms with E-state index >= 15 is 0 Å². The molecular formula is C10H15N4O4S+. The molecule has 0 fully saturated rings.